The predicted molar refractivity (Wildman–Crippen MR) is 89.9 cm³/mol. The van der Waals surface area contributed by atoms with E-state index in [1.165, 1.54) is 0 Å². The van der Waals surface area contributed by atoms with Crippen molar-refractivity contribution < 1.29 is 14.0 Å². The van der Waals surface area contributed by atoms with E-state index in [2.05, 4.69) is 45.1 Å². The molecular formula is C17H23BN2O3. The summed E-state index contributed by atoms with van der Waals surface area (Å²) in [6.07, 6.45) is 3.13. The highest BCUT2D eigenvalue weighted by Crippen LogP contribution is 2.36. The molecule has 0 N–H and O–H groups in total. The van der Waals surface area contributed by atoms with E-state index in [4.69, 9.17) is 14.0 Å². The van der Waals surface area contributed by atoms with Crippen LogP contribution in [-0.2, 0) is 14.0 Å². The molecule has 4 rings (SSSR count). The molecule has 2 aromatic rings. The zero-order chi connectivity index (χ0) is 16.2. The second-order valence-electron chi connectivity index (χ2n) is 7.53. The fraction of sp³-hybridized carbons (Fsp3) is 0.588. The molecule has 1 aromatic heterocycles. The molecule has 0 radical (unpaired) electrons. The van der Waals surface area contributed by atoms with Crippen LogP contribution in [0.2, 0.25) is 0 Å². The smallest absolute Gasteiger partial charge is 0.399 e. The van der Waals surface area contributed by atoms with Crippen LogP contribution in [0.15, 0.2) is 24.4 Å². The average Bonchev–Trinajstić information content (AvgIpc) is 3.17. The summed E-state index contributed by atoms with van der Waals surface area (Å²) in [7, 11) is -0.331. The molecule has 6 heteroatoms. The van der Waals surface area contributed by atoms with Crippen molar-refractivity contribution in [2.24, 2.45) is 0 Å². The highest BCUT2D eigenvalue weighted by Gasteiger charge is 2.51. The van der Waals surface area contributed by atoms with Gasteiger partial charge in [-0.1, -0.05) is 12.1 Å². The lowest BCUT2D eigenvalue weighted by molar-refractivity contribution is 0.00578. The molecule has 23 heavy (non-hydrogen) atoms. The molecule has 1 atom stereocenters. The van der Waals surface area contributed by atoms with Crippen LogP contribution in [0.5, 0.6) is 0 Å². The third-order valence-electron chi connectivity index (χ3n) is 5.35. The lowest BCUT2D eigenvalue weighted by Gasteiger charge is -2.32. The Hall–Kier alpha value is -1.37. The molecule has 2 saturated heterocycles. The molecule has 5 nitrogen and oxygen atoms in total. The summed E-state index contributed by atoms with van der Waals surface area (Å²) in [4.78, 5) is 0. The zero-order valence-electron chi connectivity index (χ0n) is 14.2. The summed E-state index contributed by atoms with van der Waals surface area (Å²) in [5.74, 6) is 0. The number of hydrogen-bond acceptors (Lipinski definition) is 4. The molecule has 2 fully saturated rings. The minimum Gasteiger partial charge on any atom is -0.399 e. The van der Waals surface area contributed by atoms with Gasteiger partial charge in [0.15, 0.2) is 0 Å². The largest absolute Gasteiger partial charge is 0.494 e. The Morgan fingerprint density at radius 1 is 1.17 bits per heavy atom. The van der Waals surface area contributed by atoms with Crippen molar-refractivity contribution in [3.8, 4) is 0 Å². The molecule has 122 valence electrons. The molecule has 0 aliphatic carbocycles. The topological polar surface area (TPSA) is 45.5 Å². The quantitative estimate of drug-likeness (QED) is 0.798. The van der Waals surface area contributed by atoms with Crippen LogP contribution in [0.3, 0.4) is 0 Å². The minimum atomic E-state index is -0.331. The van der Waals surface area contributed by atoms with Gasteiger partial charge in [-0.25, -0.2) is 0 Å². The van der Waals surface area contributed by atoms with Gasteiger partial charge in [0, 0.05) is 18.2 Å². The van der Waals surface area contributed by atoms with Gasteiger partial charge in [-0.2, -0.15) is 5.10 Å². The van der Waals surface area contributed by atoms with E-state index in [0.29, 0.717) is 6.04 Å². The van der Waals surface area contributed by atoms with E-state index in [9.17, 15) is 0 Å². The van der Waals surface area contributed by atoms with E-state index in [0.717, 1.165) is 36.0 Å². The van der Waals surface area contributed by atoms with Crippen LogP contribution >= 0.6 is 0 Å². The molecule has 3 heterocycles. The first kappa shape index (κ1) is 15.2. The van der Waals surface area contributed by atoms with Crippen molar-refractivity contribution in [1.29, 1.82) is 0 Å². The van der Waals surface area contributed by atoms with Crippen LogP contribution in [0.25, 0.3) is 10.9 Å². The maximum Gasteiger partial charge on any atom is 0.494 e. The van der Waals surface area contributed by atoms with E-state index in [1.54, 1.807) is 0 Å². The van der Waals surface area contributed by atoms with Crippen LogP contribution in [0.1, 0.15) is 40.2 Å². The highest BCUT2D eigenvalue weighted by atomic mass is 16.7. The molecule has 1 unspecified atom stereocenters. The van der Waals surface area contributed by atoms with Gasteiger partial charge in [0.1, 0.15) is 0 Å². The van der Waals surface area contributed by atoms with Gasteiger partial charge in [0.2, 0.25) is 0 Å². The van der Waals surface area contributed by atoms with Gasteiger partial charge >= 0.3 is 7.12 Å². The van der Waals surface area contributed by atoms with Crippen molar-refractivity contribution in [3.05, 3.63) is 24.4 Å². The first-order chi connectivity index (χ1) is 10.9. The van der Waals surface area contributed by atoms with Crippen LogP contribution in [0.4, 0.5) is 0 Å². The summed E-state index contributed by atoms with van der Waals surface area (Å²) in [5, 5.41) is 5.79. The predicted octanol–water partition coefficient (Wildman–Crippen LogP) is 2.30. The highest BCUT2D eigenvalue weighted by molar-refractivity contribution is 6.62. The molecule has 0 spiro atoms. The first-order valence-electron chi connectivity index (χ1n) is 8.28. The second-order valence-corrected chi connectivity index (χ2v) is 7.53. The number of fused-ring (bicyclic) bond motifs is 1. The van der Waals surface area contributed by atoms with E-state index >= 15 is 0 Å². The summed E-state index contributed by atoms with van der Waals surface area (Å²) in [6, 6.07) is 6.56. The summed E-state index contributed by atoms with van der Waals surface area (Å²) in [6.45, 7) is 9.86. The molecule has 2 aliphatic heterocycles. The van der Waals surface area contributed by atoms with Gasteiger partial charge in [-0.05, 0) is 45.6 Å². The van der Waals surface area contributed by atoms with E-state index in [1.807, 2.05) is 16.8 Å². The Bertz CT molecular complexity index is 719. The molecule has 2 aliphatic rings. The van der Waals surface area contributed by atoms with E-state index in [-0.39, 0.29) is 18.3 Å². The number of ether oxygens (including phenoxy) is 1. The van der Waals surface area contributed by atoms with Gasteiger partial charge in [-0.3, -0.25) is 4.68 Å². The maximum absolute atomic E-state index is 6.14. The summed E-state index contributed by atoms with van der Waals surface area (Å²) < 4.78 is 19.8. The SMILES string of the molecule is CC1(C)OB(c2ccc3nn(C4CCOC4)cc3c2)OC1(C)C. The second kappa shape index (κ2) is 5.06. The van der Waals surface area contributed by atoms with Crippen LogP contribution in [0, 0.1) is 0 Å². The normalized spacial score (nSPS) is 26.3. The zero-order valence-corrected chi connectivity index (χ0v) is 14.2. The Morgan fingerprint density at radius 3 is 2.57 bits per heavy atom. The molecule has 0 amide bonds. The fourth-order valence-electron chi connectivity index (χ4n) is 3.11. The van der Waals surface area contributed by atoms with Crippen molar-refractivity contribution >= 4 is 23.5 Å². The van der Waals surface area contributed by atoms with Crippen molar-refractivity contribution in [1.82, 2.24) is 9.78 Å². The van der Waals surface area contributed by atoms with Crippen LogP contribution < -0.4 is 5.46 Å². The van der Waals surface area contributed by atoms with Gasteiger partial charge in [0.05, 0.1) is 29.4 Å². The summed E-state index contributed by atoms with van der Waals surface area (Å²) in [5.41, 5.74) is 1.39. The Labute approximate surface area is 137 Å². The van der Waals surface area contributed by atoms with Gasteiger partial charge in [0.25, 0.3) is 0 Å². The van der Waals surface area contributed by atoms with Crippen molar-refractivity contribution in [2.75, 3.05) is 13.2 Å². The monoisotopic (exact) mass is 314 g/mol. The lowest BCUT2D eigenvalue weighted by Crippen LogP contribution is -2.41. The Morgan fingerprint density at radius 2 is 1.91 bits per heavy atom. The number of aromatic nitrogens is 2. The summed E-state index contributed by atoms with van der Waals surface area (Å²) >= 11 is 0. The number of hydrogen-bond donors (Lipinski definition) is 0. The lowest BCUT2D eigenvalue weighted by atomic mass is 9.79. The third-order valence-corrected chi connectivity index (χ3v) is 5.35. The van der Waals surface area contributed by atoms with Crippen LogP contribution in [-0.4, -0.2) is 41.3 Å². The molecule has 1 aromatic carbocycles. The average molecular weight is 314 g/mol. The fourth-order valence-corrected chi connectivity index (χ4v) is 3.11. The van der Waals surface area contributed by atoms with Gasteiger partial charge in [-0.15, -0.1) is 0 Å². The number of nitrogens with zero attached hydrogens (tertiary/aromatic N) is 2. The Kier molecular flexibility index (Phi) is 3.34. The van der Waals surface area contributed by atoms with Crippen molar-refractivity contribution in [3.63, 3.8) is 0 Å². The molecule has 0 saturated carbocycles. The first-order valence-corrected chi connectivity index (χ1v) is 8.28. The van der Waals surface area contributed by atoms with Crippen molar-refractivity contribution in [2.45, 2.75) is 51.4 Å². The minimum absolute atomic E-state index is 0.321. The maximum atomic E-state index is 6.14. The molecule has 0 bridgehead atoms. The van der Waals surface area contributed by atoms with Gasteiger partial charge < -0.3 is 14.0 Å². The Balaban J connectivity index is 1.64. The van der Waals surface area contributed by atoms with E-state index < -0.39 is 0 Å². The molecular weight excluding hydrogens is 291 g/mol. The number of rotatable bonds is 2. The third kappa shape index (κ3) is 2.49. The number of benzene rings is 1. The standard InChI is InChI=1S/C17H23BN2O3/c1-16(2)17(3,4)23-18(22-16)13-5-6-15-12(9-13)10-20(19-15)14-7-8-21-11-14/h5-6,9-10,14H,7-8,11H2,1-4H3.